The Morgan fingerprint density at radius 2 is 1.83 bits per heavy atom. The summed E-state index contributed by atoms with van der Waals surface area (Å²) in [7, 11) is 1.60. The average molecular weight is 582 g/mol. The van der Waals surface area contributed by atoms with Crippen molar-refractivity contribution in [2.45, 2.75) is 43.8 Å². The number of rotatable bonds is 5. The summed E-state index contributed by atoms with van der Waals surface area (Å²) < 4.78 is 40.8. The summed E-state index contributed by atoms with van der Waals surface area (Å²) in [5, 5.41) is 14.7. The molecule has 1 aromatic heterocycles. The number of piperidine rings is 1. The zero-order valence-corrected chi connectivity index (χ0v) is 23.0. The minimum Gasteiger partial charge on any atom is -0.352 e. The van der Waals surface area contributed by atoms with Gasteiger partial charge in [0.05, 0.1) is 17.4 Å². The molecule has 1 aliphatic carbocycles. The normalized spacial score (nSPS) is 18.6. The molecular weight excluding hydrogens is 551 g/mol. The molecule has 1 saturated carbocycles. The summed E-state index contributed by atoms with van der Waals surface area (Å²) in [5.41, 5.74) is -2.13. The molecular formula is C29H30F3N7O3. The summed E-state index contributed by atoms with van der Waals surface area (Å²) in [6, 6.07) is 8.75. The van der Waals surface area contributed by atoms with Gasteiger partial charge in [0.1, 0.15) is 17.4 Å². The fourth-order valence-corrected chi connectivity index (χ4v) is 5.86. The Balaban J connectivity index is 1.31. The van der Waals surface area contributed by atoms with E-state index in [0.717, 1.165) is 36.4 Å². The van der Waals surface area contributed by atoms with Crippen molar-refractivity contribution in [3.63, 3.8) is 0 Å². The molecule has 2 N–H and O–H groups in total. The maximum absolute atomic E-state index is 13.7. The number of hydrogen-bond donors (Lipinski definition) is 2. The van der Waals surface area contributed by atoms with Crippen LogP contribution in [0.5, 0.6) is 0 Å². The van der Waals surface area contributed by atoms with Gasteiger partial charge in [0.2, 0.25) is 0 Å². The Labute approximate surface area is 240 Å². The fraction of sp³-hybridized carbons (Fsp3) is 0.414. The lowest BCUT2D eigenvalue weighted by molar-refractivity contribution is -0.138. The number of hydrogen-bond acceptors (Lipinski definition) is 6. The predicted molar refractivity (Wildman–Crippen MR) is 147 cm³/mol. The van der Waals surface area contributed by atoms with Crippen molar-refractivity contribution in [3.8, 4) is 6.07 Å². The molecule has 3 fully saturated rings. The van der Waals surface area contributed by atoms with Crippen molar-refractivity contribution >= 4 is 29.2 Å². The van der Waals surface area contributed by atoms with E-state index >= 15 is 0 Å². The molecule has 42 heavy (non-hydrogen) atoms. The molecule has 0 unspecified atom stereocenters. The number of urea groups is 1. The van der Waals surface area contributed by atoms with Crippen LogP contribution in [0.25, 0.3) is 0 Å². The maximum atomic E-state index is 13.7. The van der Waals surface area contributed by atoms with Crippen molar-refractivity contribution in [2.24, 2.45) is 5.92 Å². The third-order valence-electron chi connectivity index (χ3n) is 8.32. The number of nitrogens with zero attached hydrogens (tertiary/aromatic N) is 5. The van der Waals surface area contributed by atoms with Gasteiger partial charge in [0, 0.05) is 37.9 Å². The van der Waals surface area contributed by atoms with Gasteiger partial charge in [0.25, 0.3) is 11.8 Å². The molecule has 3 heterocycles. The molecule has 5 rings (SSSR count). The first-order chi connectivity index (χ1) is 20.0. The van der Waals surface area contributed by atoms with Gasteiger partial charge < -0.3 is 20.4 Å². The van der Waals surface area contributed by atoms with E-state index in [1.807, 2.05) is 0 Å². The zero-order valence-electron chi connectivity index (χ0n) is 23.0. The van der Waals surface area contributed by atoms with Crippen molar-refractivity contribution in [2.75, 3.05) is 36.5 Å². The summed E-state index contributed by atoms with van der Waals surface area (Å²) in [6.45, 7) is 5.78. The molecule has 220 valence electrons. The third-order valence-corrected chi connectivity index (χ3v) is 8.32. The van der Waals surface area contributed by atoms with Crippen LogP contribution in [0.3, 0.4) is 0 Å². The predicted octanol–water partition coefficient (Wildman–Crippen LogP) is 4.00. The topological polar surface area (TPSA) is 122 Å². The number of carbonyl (C=O) groups is 3. The molecule has 13 heteroatoms. The van der Waals surface area contributed by atoms with Crippen LogP contribution in [0, 0.1) is 17.2 Å². The molecule has 2 saturated heterocycles. The second-order valence-electron chi connectivity index (χ2n) is 10.7. The average Bonchev–Trinajstić information content (AvgIpc) is 3.21. The summed E-state index contributed by atoms with van der Waals surface area (Å²) in [4.78, 5) is 46.5. The molecule has 4 amide bonds. The Hall–Kier alpha value is -4.60. The van der Waals surface area contributed by atoms with Gasteiger partial charge in [-0.2, -0.15) is 18.4 Å². The van der Waals surface area contributed by atoms with Crippen LogP contribution >= 0.6 is 0 Å². The lowest BCUT2D eigenvalue weighted by atomic mass is 9.75. The number of anilines is 2. The molecule has 0 bridgehead atoms. The van der Waals surface area contributed by atoms with Gasteiger partial charge in [-0.3, -0.25) is 14.5 Å². The molecule has 10 nitrogen and oxygen atoms in total. The van der Waals surface area contributed by atoms with Crippen LogP contribution in [0.15, 0.2) is 48.9 Å². The van der Waals surface area contributed by atoms with E-state index in [0.29, 0.717) is 43.7 Å². The largest absolute Gasteiger partial charge is 0.419 e. The Bertz CT molecular complexity index is 1460. The Morgan fingerprint density at radius 1 is 1.17 bits per heavy atom. The van der Waals surface area contributed by atoms with E-state index in [4.69, 9.17) is 5.26 Å². The molecule has 1 aromatic carbocycles. The Morgan fingerprint density at radius 3 is 2.38 bits per heavy atom. The van der Waals surface area contributed by atoms with Crippen LogP contribution in [-0.4, -0.2) is 60.0 Å². The van der Waals surface area contributed by atoms with E-state index in [1.165, 1.54) is 6.07 Å². The SMILES string of the molecule is C=C1N(c2cnc(C#N)c(C(F)(F)F)c2)C(=O)C2(CCC2)N1c1ccc(C(=O)NCC2CCN(C(=O)NC)CC2)cc1. The van der Waals surface area contributed by atoms with Crippen molar-refractivity contribution in [1.82, 2.24) is 20.5 Å². The number of aromatic nitrogens is 1. The van der Waals surface area contributed by atoms with Crippen LogP contribution in [0.1, 0.15) is 53.7 Å². The lowest BCUT2D eigenvalue weighted by Crippen LogP contribution is -2.54. The molecule has 3 aliphatic rings. The van der Waals surface area contributed by atoms with Crippen molar-refractivity contribution < 1.29 is 27.6 Å². The number of benzene rings is 1. The zero-order chi connectivity index (χ0) is 30.2. The summed E-state index contributed by atoms with van der Waals surface area (Å²) in [6.07, 6.45) is -0.458. The number of halogens is 3. The Kier molecular flexibility index (Phi) is 7.57. The first-order valence-corrected chi connectivity index (χ1v) is 13.7. The number of likely N-dealkylation sites (tertiary alicyclic amines) is 1. The van der Waals surface area contributed by atoms with Crippen LogP contribution in [0.2, 0.25) is 0 Å². The highest BCUT2D eigenvalue weighted by atomic mass is 19.4. The van der Waals surface area contributed by atoms with E-state index < -0.39 is 28.9 Å². The van der Waals surface area contributed by atoms with Crippen LogP contribution in [0.4, 0.5) is 29.3 Å². The molecule has 0 radical (unpaired) electrons. The lowest BCUT2D eigenvalue weighted by Gasteiger charge is -2.43. The number of nitrogens with one attached hydrogen (secondary N) is 2. The monoisotopic (exact) mass is 581 g/mol. The summed E-state index contributed by atoms with van der Waals surface area (Å²) in [5.74, 6) is -0.246. The smallest absolute Gasteiger partial charge is 0.352 e. The number of carbonyl (C=O) groups excluding carboxylic acids is 3. The number of pyridine rings is 1. The second-order valence-corrected chi connectivity index (χ2v) is 10.7. The van der Waals surface area contributed by atoms with E-state index in [-0.39, 0.29) is 29.4 Å². The number of nitriles is 1. The van der Waals surface area contributed by atoms with Gasteiger partial charge in [-0.15, -0.1) is 0 Å². The maximum Gasteiger partial charge on any atom is 0.419 e. The first-order valence-electron chi connectivity index (χ1n) is 13.7. The van der Waals surface area contributed by atoms with Crippen LogP contribution in [-0.2, 0) is 11.0 Å². The van der Waals surface area contributed by atoms with E-state index in [9.17, 15) is 27.6 Å². The highest BCUT2D eigenvalue weighted by Crippen LogP contribution is 2.50. The van der Waals surface area contributed by atoms with Crippen molar-refractivity contribution in [3.05, 3.63) is 65.7 Å². The number of amides is 4. The van der Waals surface area contributed by atoms with Gasteiger partial charge in [-0.25, -0.2) is 9.78 Å². The van der Waals surface area contributed by atoms with Crippen molar-refractivity contribution in [1.29, 1.82) is 5.26 Å². The quantitative estimate of drug-likeness (QED) is 0.551. The third kappa shape index (κ3) is 5.01. The standard InChI is InChI=1S/C29H30F3N7O3/c1-18-38(22-14-23(29(30,31)32)24(15-33)35-17-22)26(41)28(10-3-11-28)39(18)21-6-4-20(5-7-21)25(40)36-16-19-8-12-37(13-9-19)27(42)34-2/h4-7,14,17,19H,1,3,8-13,16H2,2H3,(H,34,42)(H,36,40). The fourth-order valence-electron chi connectivity index (χ4n) is 5.86. The van der Waals surface area contributed by atoms with E-state index in [2.05, 4.69) is 22.2 Å². The molecule has 2 aliphatic heterocycles. The van der Waals surface area contributed by atoms with Crippen LogP contribution < -0.4 is 20.4 Å². The summed E-state index contributed by atoms with van der Waals surface area (Å²) >= 11 is 0. The second kappa shape index (κ2) is 11.0. The first kappa shape index (κ1) is 28.9. The minimum atomic E-state index is -4.83. The van der Waals surface area contributed by atoms with Gasteiger partial charge in [0.15, 0.2) is 5.69 Å². The molecule has 0 atom stereocenters. The minimum absolute atomic E-state index is 0.105. The highest BCUT2D eigenvalue weighted by Gasteiger charge is 2.59. The van der Waals surface area contributed by atoms with Gasteiger partial charge in [-0.1, -0.05) is 6.58 Å². The highest BCUT2D eigenvalue weighted by molar-refractivity contribution is 6.11. The molecule has 1 spiro atoms. The van der Waals surface area contributed by atoms with Gasteiger partial charge >= 0.3 is 12.2 Å². The number of alkyl halides is 3. The van der Waals surface area contributed by atoms with E-state index in [1.54, 1.807) is 41.1 Å². The van der Waals surface area contributed by atoms with Gasteiger partial charge in [-0.05, 0) is 68.4 Å². The molecule has 2 aromatic rings.